The second kappa shape index (κ2) is 6.44. The number of ether oxygens (including phenoxy) is 2. The Kier molecular flexibility index (Phi) is 4.19. The molecule has 0 atom stereocenters. The highest BCUT2D eigenvalue weighted by molar-refractivity contribution is 5.90. The first-order valence-corrected chi connectivity index (χ1v) is 6.88. The van der Waals surface area contributed by atoms with E-state index in [4.69, 9.17) is 9.47 Å². The minimum atomic E-state index is -0.997. The number of hydrogen-bond acceptors (Lipinski definition) is 3. The summed E-state index contributed by atoms with van der Waals surface area (Å²) in [5, 5.41) is 0.394. The molecule has 0 amide bonds. The number of hydrogen-bond donors (Lipinski definition) is 0. The highest BCUT2D eigenvalue weighted by Crippen LogP contribution is 2.34. The predicted molar refractivity (Wildman–Crippen MR) is 81.3 cm³/mol. The molecule has 23 heavy (non-hydrogen) atoms. The van der Waals surface area contributed by atoms with Crippen LogP contribution in [0.15, 0.2) is 54.6 Å². The maximum atomic E-state index is 14.1. The van der Waals surface area contributed by atoms with Crippen LogP contribution in [-0.2, 0) is 11.4 Å². The smallest absolute Gasteiger partial charge is 0.298 e. The molecule has 0 aliphatic rings. The van der Waals surface area contributed by atoms with Crippen LogP contribution >= 0.6 is 0 Å². The molecule has 3 rings (SSSR count). The van der Waals surface area contributed by atoms with Gasteiger partial charge in [0.1, 0.15) is 18.1 Å². The summed E-state index contributed by atoms with van der Waals surface area (Å²) in [6, 6.07) is 14.5. The third-order valence-electron chi connectivity index (χ3n) is 3.37. The average molecular weight is 314 g/mol. The van der Waals surface area contributed by atoms with E-state index in [1.807, 2.05) is 30.3 Å². The molecule has 3 aromatic carbocycles. The molecule has 0 aliphatic carbocycles. The molecule has 0 aliphatic heterocycles. The fourth-order valence-electron chi connectivity index (χ4n) is 2.31. The van der Waals surface area contributed by atoms with Gasteiger partial charge in [0.15, 0.2) is 11.6 Å². The van der Waals surface area contributed by atoms with Crippen LogP contribution in [0.3, 0.4) is 0 Å². The Balaban J connectivity index is 2.04. The van der Waals surface area contributed by atoms with Crippen molar-refractivity contribution in [3.8, 4) is 11.5 Å². The van der Waals surface area contributed by atoms with Gasteiger partial charge in [0.25, 0.3) is 6.47 Å². The van der Waals surface area contributed by atoms with Crippen LogP contribution in [0.2, 0.25) is 0 Å². The van der Waals surface area contributed by atoms with Gasteiger partial charge in [0, 0.05) is 6.07 Å². The molecule has 116 valence electrons. The van der Waals surface area contributed by atoms with E-state index in [1.54, 1.807) is 0 Å². The van der Waals surface area contributed by atoms with E-state index in [1.165, 1.54) is 18.2 Å². The lowest BCUT2D eigenvalue weighted by Gasteiger charge is -2.12. The first-order chi connectivity index (χ1) is 11.2. The van der Waals surface area contributed by atoms with Crippen LogP contribution in [0.1, 0.15) is 5.56 Å². The van der Waals surface area contributed by atoms with Crippen LogP contribution in [0.25, 0.3) is 10.8 Å². The number of fused-ring (bicyclic) bond motifs is 1. The van der Waals surface area contributed by atoms with E-state index in [0.29, 0.717) is 5.39 Å². The molecule has 0 fully saturated rings. The SMILES string of the molecule is O=COc1cc(OCc2ccccc2)c2c(F)c(F)ccc2c1. The van der Waals surface area contributed by atoms with Crippen molar-refractivity contribution in [3.05, 3.63) is 71.8 Å². The summed E-state index contributed by atoms with van der Waals surface area (Å²) in [6.07, 6.45) is 0. The van der Waals surface area contributed by atoms with Crippen molar-refractivity contribution in [2.45, 2.75) is 6.61 Å². The highest BCUT2D eigenvalue weighted by Gasteiger charge is 2.15. The van der Waals surface area contributed by atoms with Crippen molar-refractivity contribution in [3.63, 3.8) is 0 Å². The lowest BCUT2D eigenvalue weighted by molar-refractivity contribution is -0.120. The normalized spacial score (nSPS) is 10.5. The van der Waals surface area contributed by atoms with E-state index < -0.39 is 11.6 Å². The zero-order valence-electron chi connectivity index (χ0n) is 12.0. The minimum absolute atomic E-state index is 0.0131. The molecule has 0 saturated carbocycles. The Bertz CT molecular complexity index is 848. The molecule has 0 unspecified atom stereocenters. The van der Waals surface area contributed by atoms with Crippen molar-refractivity contribution in [1.29, 1.82) is 0 Å². The number of benzene rings is 3. The third kappa shape index (κ3) is 3.13. The highest BCUT2D eigenvalue weighted by atomic mass is 19.2. The Morgan fingerprint density at radius 2 is 1.78 bits per heavy atom. The standard InChI is InChI=1S/C18H12F2O3/c19-15-7-6-13-8-14(23-11-21)9-16(17(13)18(15)20)22-10-12-4-2-1-3-5-12/h1-9,11H,10H2. The Labute approximate surface area is 131 Å². The van der Waals surface area contributed by atoms with E-state index >= 15 is 0 Å². The summed E-state index contributed by atoms with van der Waals surface area (Å²) in [5.74, 6) is -1.66. The molecule has 5 heteroatoms. The predicted octanol–water partition coefficient (Wildman–Crippen LogP) is 4.23. The maximum Gasteiger partial charge on any atom is 0.298 e. The van der Waals surface area contributed by atoms with Gasteiger partial charge in [-0.05, 0) is 23.1 Å². The average Bonchev–Trinajstić information content (AvgIpc) is 2.57. The van der Waals surface area contributed by atoms with Gasteiger partial charge in [0.2, 0.25) is 0 Å². The largest absolute Gasteiger partial charge is 0.488 e. The van der Waals surface area contributed by atoms with Gasteiger partial charge >= 0.3 is 0 Å². The van der Waals surface area contributed by atoms with Gasteiger partial charge in [0.05, 0.1) is 5.39 Å². The van der Waals surface area contributed by atoms with Crippen LogP contribution in [-0.4, -0.2) is 6.47 Å². The molecule has 0 bridgehead atoms. The van der Waals surface area contributed by atoms with Crippen LogP contribution in [0.4, 0.5) is 8.78 Å². The van der Waals surface area contributed by atoms with E-state index in [9.17, 15) is 13.6 Å². The number of carbonyl (C=O) groups is 1. The molecule has 0 spiro atoms. The van der Waals surface area contributed by atoms with Crippen LogP contribution < -0.4 is 9.47 Å². The van der Waals surface area contributed by atoms with Gasteiger partial charge < -0.3 is 9.47 Å². The monoisotopic (exact) mass is 314 g/mol. The third-order valence-corrected chi connectivity index (χ3v) is 3.37. The van der Waals surface area contributed by atoms with E-state index in [0.717, 1.165) is 11.6 Å². The first kappa shape index (κ1) is 15.0. The minimum Gasteiger partial charge on any atom is -0.488 e. The van der Waals surface area contributed by atoms with Gasteiger partial charge in [-0.25, -0.2) is 8.78 Å². The Hall–Kier alpha value is -2.95. The summed E-state index contributed by atoms with van der Waals surface area (Å²) < 4.78 is 38.1. The fourth-order valence-corrected chi connectivity index (χ4v) is 2.31. The molecule has 0 N–H and O–H groups in total. The lowest BCUT2D eigenvalue weighted by Crippen LogP contribution is -1.99. The molecule has 0 radical (unpaired) electrons. The number of halogens is 2. The summed E-state index contributed by atoms with van der Waals surface area (Å²) >= 11 is 0. The molecule has 3 nitrogen and oxygen atoms in total. The molecular weight excluding hydrogens is 302 g/mol. The van der Waals surface area contributed by atoms with Crippen LogP contribution in [0, 0.1) is 11.6 Å². The molecule has 0 saturated heterocycles. The molecule has 0 heterocycles. The van der Waals surface area contributed by atoms with Crippen molar-refractivity contribution >= 4 is 17.2 Å². The summed E-state index contributed by atoms with van der Waals surface area (Å²) in [6.45, 7) is 0.443. The van der Waals surface area contributed by atoms with Crippen molar-refractivity contribution < 1.29 is 23.0 Å². The number of carbonyl (C=O) groups excluding carboxylic acids is 1. The topological polar surface area (TPSA) is 35.5 Å². The fraction of sp³-hybridized carbons (Fsp3) is 0.0556. The molecule has 0 aromatic heterocycles. The lowest BCUT2D eigenvalue weighted by atomic mass is 10.1. The van der Waals surface area contributed by atoms with Crippen molar-refractivity contribution in [1.82, 2.24) is 0 Å². The van der Waals surface area contributed by atoms with Crippen LogP contribution in [0.5, 0.6) is 11.5 Å². The van der Waals surface area contributed by atoms with Gasteiger partial charge in [-0.2, -0.15) is 0 Å². The maximum absolute atomic E-state index is 14.1. The summed E-state index contributed by atoms with van der Waals surface area (Å²) in [4.78, 5) is 10.5. The Morgan fingerprint density at radius 3 is 2.52 bits per heavy atom. The van der Waals surface area contributed by atoms with Gasteiger partial charge in [-0.1, -0.05) is 36.4 Å². The molecule has 3 aromatic rings. The number of rotatable bonds is 5. The Morgan fingerprint density at radius 1 is 1.00 bits per heavy atom. The van der Waals surface area contributed by atoms with E-state index in [-0.39, 0.29) is 30.0 Å². The zero-order chi connectivity index (χ0) is 16.2. The second-order valence-electron chi connectivity index (χ2n) is 4.87. The summed E-state index contributed by atoms with van der Waals surface area (Å²) in [7, 11) is 0. The summed E-state index contributed by atoms with van der Waals surface area (Å²) in [5.41, 5.74) is 0.874. The molecular formula is C18H12F2O3. The van der Waals surface area contributed by atoms with Crippen molar-refractivity contribution in [2.75, 3.05) is 0 Å². The van der Waals surface area contributed by atoms with Gasteiger partial charge in [-0.3, -0.25) is 4.79 Å². The first-order valence-electron chi connectivity index (χ1n) is 6.88. The van der Waals surface area contributed by atoms with Crippen molar-refractivity contribution in [2.24, 2.45) is 0 Å². The van der Waals surface area contributed by atoms with Gasteiger partial charge in [-0.15, -0.1) is 0 Å². The zero-order valence-corrected chi connectivity index (χ0v) is 12.0. The quantitative estimate of drug-likeness (QED) is 0.661. The van der Waals surface area contributed by atoms with E-state index in [2.05, 4.69) is 0 Å². The second-order valence-corrected chi connectivity index (χ2v) is 4.87.